The van der Waals surface area contributed by atoms with Gasteiger partial charge in [0.1, 0.15) is 0 Å². The van der Waals surface area contributed by atoms with Gasteiger partial charge in [0, 0.05) is 37.8 Å². The van der Waals surface area contributed by atoms with Crippen LogP contribution in [0.15, 0.2) is 6.20 Å². The molecule has 0 aromatic carbocycles. The summed E-state index contributed by atoms with van der Waals surface area (Å²) in [5, 5.41) is 1.04. The molecule has 0 bridgehead atoms. The minimum atomic E-state index is 0.365. The van der Waals surface area contributed by atoms with Crippen LogP contribution in [0.2, 0.25) is 0 Å². The van der Waals surface area contributed by atoms with Crippen LogP contribution in [-0.2, 0) is 11.3 Å². The predicted molar refractivity (Wildman–Crippen MR) is 66.9 cm³/mol. The molecule has 16 heavy (non-hydrogen) atoms. The number of nitrogens with two attached hydrogens (primary N) is 1. The fraction of sp³-hybridized carbons (Fsp3) is 0.727. The lowest BCUT2D eigenvalue weighted by Crippen LogP contribution is -2.33. The third kappa shape index (κ3) is 2.93. The summed E-state index contributed by atoms with van der Waals surface area (Å²) in [4.78, 5) is 7.66. The number of nitrogens with zero attached hydrogens (tertiary/aromatic N) is 2. The zero-order valence-corrected chi connectivity index (χ0v) is 10.5. The second-order valence-electron chi connectivity index (χ2n) is 4.18. The second-order valence-corrected chi connectivity index (χ2v) is 5.28. The number of anilines is 1. The molecular weight excluding hydrogens is 222 g/mol. The summed E-state index contributed by atoms with van der Waals surface area (Å²) in [7, 11) is 2.07. The number of likely N-dealkylation sites (N-methyl/N-ethyl adjacent to an activating group) is 1. The topological polar surface area (TPSA) is 51.4 Å². The molecular formula is C11H19N3OS. The van der Waals surface area contributed by atoms with Crippen LogP contribution < -0.4 is 10.6 Å². The number of aromatic nitrogens is 1. The minimum absolute atomic E-state index is 0.365. The first-order valence-corrected chi connectivity index (χ1v) is 6.58. The molecule has 1 saturated heterocycles. The molecule has 0 radical (unpaired) electrons. The van der Waals surface area contributed by atoms with Gasteiger partial charge in [-0.15, -0.1) is 11.3 Å². The molecule has 0 amide bonds. The highest BCUT2D eigenvalue weighted by Gasteiger charge is 2.17. The maximum atomic E-state index is 5.71. The first kappa shape index (κ1) is 11.8. The van der Waals surface area contributed by atoms with E-state index in [1.807, 2.05) is 6.20 Å². The molecule has 0 saturated carbocycles. The first-order chi connectivity index (χ1) is 7.79. The van der Waals surface area contributed by atoms with E-state index in [1.54, 1.807) is 11.3 Å². The highest BCUT2D eigenvalue weighted by Crippen LogP contribution is 2.22. The van der Waals surface area contributed by atoms with Crippen molar-refractivity contribution >= 4 is 16.5 Å². The highest BCUT2D eigenvalue weighted by atomic mass is 32.1. The van der Waals surface area contributed by atoms with Gasteiger partial charge in [0.15, 0.2) is 5.13 Å². The van der Waals surface area contributed by atoms with E-state index >= 15 is 0 Å². The summed E-state index contributed by atoms with van der Waals surface area (Å²) in [5.41, 5.74) is 5.57. The molecule has 1 aliphatic heterocycles. The van der Waals surface area contributed by atoms with E-state index < -0.39 is 0 Å². The summed E-state index contributed by atoms with van der Waals surface area (Å²) in [6, 6.07) is 0. The number of thiazole rings is 1. The molecule has 5 heteroatoms. The van der Waals surface area contributed by atoms with E-state index in [0.717, 1.165) is 23.2 Å². The van der Waals surface area contributed by atoms with Gasteiger partial charge in [0.05, 0.1) is 6.10 Å². The molecule has 2 heterocycles. The fourth-order valence-corrected chi connectivity index (χ4v) is 2.66. The minimum Gasteiger partial charge on any atom is -0.376 e. The largest absolute Gasteiger partial charge is 0.376 e. The van der Waals surface area contributed by atoms with Gasteiger partial charge in [0.25, 0.3) is 0 Å². The fourth-order valence-electron chi connectivity index (χ4n) is 1.90. The zero-order chi connectivity index (χ0) is 11.4. The van der Waals surface area contributed by atoms with Crippen molar-refractivity contribution in [1.29, 1.82) is 0 Å². The smallest absolute Gasteiger partial charge is 0.185 e. The molecule has 1 fully saturated rings. The van der Waals surface area contributed by atoms with Gasteiger partial charge in [-0.3, -0.25) is 0 Å². The van der Waals surface area contributed by atoms with Crippen molar-refractivity contribution in [3.05, 3.63) is 11.1 Å². The predicted octanol–water partition coefficient (Wildman–Crippen LogP) is 1.61. The van der Waals surface area contributed by atoms with Gasteiger partial charge in [-0.25, -0.2) is 4.98 Å². The lowest BCUT2D eigenvalue weighted by Gasteiger charge is -2.27. The van der Waals surface area contributed by atoms with E-state index in [0.29, 0.717) is 12.6 Å². The molecule has 4 nitrogen and oxygen atoms in total. The third-order valence-corrected chi connectivity index (χ3v) is 3.95. The molecule has 2 rings (SSSR count). The van der Waals surface area contributed by atoms with Gasteiger partial charge in [-0.1, -0.05) is 0 Å². The van der Waals surface area contributed by atoms with Crippen molar-refractivity contribution in [1.82, 2.24) is 4.98 Å². The van der Waals surface area contributed by atoms with Crippen molar-refractivity contribution in [3.63, 3.8) is 0 Å². The van der Waals surface area contributed by atoms with Gasteiger partial charge >= 0.3 is 0 Å². The van der Waals surface area contributed by atoms with E-state index in [1.165, 1.54) is 19.3 Å². The van der Waals surface area contributed by atoms with Crippen LogP contribution >= 0.6 is 11.3 Å². The number of hydrogen-bond donors (Lipinski definition) is 1. The Kier molecular flexibility index (Phi) is 4.15. The molecule has 0 aliphatic carbocycles. The zero-order valence-electron chi connectivity index (χ0n) is 9.69. The van der Waals surface area contributed by atoms with Crippen molar-refractivity contribution in [2.45, 2.75) is 31.9 Å². The van der Waals surface area contributed by atoms with Crippen LogP contribution in [-0.4, -0.2) is 31.3 Å². The van der Waals surface area contributed by atoms with E-state index in [-0.39, 0.29) is 0 Å². The Morgan fingerprint density at radius 3 is 3.12 bits per heavy atom. The Bertz CT molecular complexity index is 323. The quantitative estimate of drug-likeness (QED) is 0.870. The first-order valence-electron chi connectivity index (χ1n) is 5.77. The molecule has 1 aromatic heterocycles. The number of ether oxygens (including phenoxy) is 1. The van der Waals surface area contributed by atoms with E-state index in [2.05, 4.69) is 16.9 Å². The van der Waals surface area contributed by atoms with Crippen molar-refractivity contribution in [2.75, 3.05) is 25.1 Å². The Hall–Kier alpha value is -0.650. The molecule has 1 unspecified atom stereocenters. The van der Waals surface area contributed by atoms with Gasteiger partial charge in [0.2, 0.25) is 0 Å². The third-order valence-electron chi connectivity index (χ3n) is 2.82. The lowest BCUT2D eigenvalue weighted by molar-refractivity contribution is 0.0216. The highest BCUT2D eigenvalue weighted by molar-refractivity contribution is 7.15. The van der Waals surface area contributed by atoms with Crippen molar-refractivity contribution < 1.29 is 4.74 Å². The lowest BCUT2D eigenvalue weighted by atomic mass is 10.1. The van der Waals surface area contributed by atoms with Gasteiger partial charge in [-0.05, 0) is 19.3 Å². The van der Waals surface area contributed by atoms with Crippen LogP contribution in [0.3, 0.4) is 0 Å². The van der Waals surface area contributed by atoms with Gasteiger partial charge in [-0.2, -0.15) is 0 Å². The SMILES string of the molecule is CN(CC1CCCCO1)c1ncc(CN)s1. The van der Waals surface area contributed by atoms with Crippen molar-refractivity contribution in [3.8, 4) is 0 Å². The standard InChI is InChI=1S/C11H19N3OS/c1-14(8-9-4-2-3-5-15-9)11-13-7-10(6-12)16-11/h7,9H,2-6,8,12H2,1H3. The second kappa shape index (κ2) is 5.61. The molecule has 1 atom stereocenters. The van der Waals surface area contributed by atoms with E-state index in [4.69, 9.17) is 10.5 Å². The van der Waals surface area contributed by atoms with Crippen LogP contribution in [0.1, 0.15) is 24.1 Å². The average molecular weight is 241 g/mol. The summed E-state index contributed by atoms with van der Waals surface area (Å²) >= 11 is 1.66. The van der Waals surface area contributed by atoms with Crippen LogP contribution in [0.25, 0.3) is 0 Å². The van der Waals surface area contributed by atoms with Crippen LogP contribution in [0, 0.1) is 0 Å². The average Bonchev–Trinajstić information content (AvgIpc) is 2.79. The molecule has 2 N–H and O–H groups in total. The normalized spacial score (nSPS) is 21.0. The molecule has 1 aliphatic rings. The van der Waals surface area contributed by atoms with Gasteiger partial charge < -0.3 is 15.4 Å². The summed E-state index contributed by atoms with van der Waals surface area (Å²) < 4.78 is 5.71. The maximum Gasteiger partial charge on any atom is 0.185 e. The summed E-state index contributed by atoms with van der Waals surface area (Å²) in [5.74, 6) is 0. The molecule has 1 aromatic rings. The van der Waals surface area contributed by atoms with E-state index in [9.17, 15) is 0 Å². The van der Waals surface area contributed by atoms with Crippen LogP contribution in [0.5, 0.6) is 0 Å². The maximum absolute atomic E-state index is 5.71. The number of rotatable bonds is 4. The Balaban J connectivity index is 1.88. The molecule has 90 valence electrons. The van der Waals surface area contributed by atoms with Crippen molar-refractivity contribution in [2.24, 2.45) is 5.73 Å². The number of hydrogen-bond acceptors (Lipinski definition) is 5. The Labute approximate surface area is 100 Å². The summed E-state index contributed by atoms with van der Waals surface area (Å²) in [6.45, 7) is 2.41. The van der Waals surface area contributed by atoms with Crippen LogP contribution in [0.4, 0.5) is 5.13 Å². The monoisotopic (exact) mass is 241 g/mol. The Morgan fingerprint density at radius 1 is 1.62 bits per heavy atom. The summed E-state index contributed by atoms with van der Waals surface area (Å²) in [6.07, 6.45) is 5.88. The Morgan fingerprint density at radius 2 is 2.50 bits per heavy atom. The molecule has 0 spiro atoms.